The lowest BCUT2D eigenvalue weighted by atomic mass is 9.91. The maximum Gasteiger partial charge on any atom is 0.0648 e. The highest BCUT2D eigenvalue weighted by atomic mass is 16.5. The van der Waals surface area contributed by atoms with Crippen LogP contribution in [-0.4, -0.2) is 30.5 Å². The molecule has 108 valence electrons. The number of hydrogen-bond donors (Lipinski definition) is 1. The Hall–Kier alpha value is -1.00. The first kappa shape index (κ1) is 16.1. The van der Waals surface area contributed by atoms with E-state index in [1.807, 2.05) is 13.8 Å². The second-order valence-corrected chi connectivity index (χ2v) is 5.22. The summed E-state index contributed by atoms with van der Waals surface area (Å²) in [6.07, 6.45) is 2.17. The van der Waals surface area contributed by atoms with Crippen LogP contribution in [0.4, 0.5) is 0 Å². The fourth-order valence-corrected chi connectivity index (χ4v) is 2.27. The van der Waals surface area contributed by atoms with Gasteiger partial charge in [-0.2, -0.15) is 10.2 Å². The van der Waals surface area contributed by atoms with Crippen LogP contribution >= 0.6 is 0 Å². The molecule has 4 heteroatoms. The number of hydrogen-bond acceptors (Lipinski definition) is 4. The second-order valence-electron chi connectivity index (χ2n) is 5.22. The Labute approximate surface area is 117 Å². The molecule has 0 fully saturated rings. The number of rotatable bonds is 8. The maximum atomic E-state index is 5.20. The van der Waals surface area contributed by atoms with Gasteiger partial charge in [0.1, 0.15) is 0 Å². The van der Waals surface area contributed by atoms with Crippen LogP contribution < -0.4 is 5.32 Å². The van der Waals surface area contributed by atoms with Crippen LogP contribution in [0.3, 0.4) is 0 Å². The molecule has 4 nitrogen and oxygen atoms in total. The van der Waals surface area contributed by atoms with E-state index >= 15 is 0 Å². The van der Waals surface area contributed by atoms with E-state index in [0.29, 0.717) is 12.0 Å². The fraction of sp³-hybridized carbons (Fsp3) is 0.733. The molecule has 2 unspecified atom stereocenters. The van der Waals surface area contributed by atoms with E-state index in [1.54, 1.807) is 7.11 Å². The van der Waals surface area contributed by atoms with Crippen molar-refractivity contribution in [3.8, 4) is 0 Å². The molecule has 0 saturated carbocycles. The SMILES string of the molecule is CCCNC(c1cc(C)nnc1C)C(C)CCOC. The lowest BCUT2D eigenvalue weighted by Gasteiger charge is -2.26. The Kier molecular flexibility index (Phi) is 6.95. The maximum absolute atomic E-state index is 5.20. The minimum absolute atomic E-state index is 0.323. The van der Waals surface area contributed by atoms with Crippen molar-refractivity contribution in [1.82, 2.24) is 15.5 Å². The number of ether oxygens (including phenoxy) is 1. The molecule has 0 aliphatic heterocycles. The first-order valence-electron chi connectivity index (χ1n) is 7.13. The summed E-state index contributed by atoms with van der Waals surface area (Å²) in [5.41, 5.74) is 3.26. The molecule has 1 aromatic heterocycles. The standard InChI is InChI=1S/C15H27N3O/c1-6-8-16-15(11(2)7-9-19-5)14-10-12(3)17-18-13(14)4/h10-11,15-16H,6-9H2,1-5H3. The van der Waals surface area contributed by atoms with Gasteiger partial charge in [0, 0.05) is 19.8 Å². The molecule has 1 heterocycles. The molecule has 0 radical (unpaired) electrons. The van der Waals surface area contributed by atoms with Crippen LogP contribution in [0, 0.1) is 19.8 Å². The zero-order valence-corrected chi connectivity index (χ0v) is 12.9. The van der Waals surface area contributed by atoms with Gasteiger partial charge in [-0.05, 0) is 50.8 Å². The highest BCUT2D eigenvalue weighted by Gasteiger charge is 2.21. The smallest absolute Gasteiger partial charge is 0.0648 e. The van der Waals surface area contributed by atoms with Gasteiger partial charge in [0.05, 0.1) is 11.4 Å². The zero-order valence-electron chi connectivity index (χ0n) is 12.9. The van der Waals surface area contributed by atoms with Crippen molar-refractivity contribution in [3.05, 3.63) is 23.0 Å². The third-order valence-electron chi connectivity index (χ3n) is 3.44. The quantitative estimate of drug-likeness (QED) is 0.785. The van der Waals surface area contributed by atoms with E-state index in [0.717, 1.165) is 37.4 Å². The summed E-state index contributed by atoms with van der Waals surface area (Å²) in [6, 6.07) is 2.48. The van der Waals surface area contributed by atoms with Crippen molar-refractivity contribution in [1.29, 1.82) is 0 Å². The predicted molar refractivity (Wildman–Crippen MR) is 78.2 cm³/mol. The van der Waals surface area contributed by atoms with Gasteiger partial charge in [-0.3, -0.25) is 0 Å². The van der Waals surface area contributed by atoms with Crippen molar-refractivity contribution in [2.24, 2.45) is 5.92 Å². The highest BCUT2D eigenvalue weighted by Crippen LogP contribution is 2.26. The van der Waals surface area contributed by atoms with Crippen LogP contribution in [0.25, 0.3) is 0 Å². The number of nitrogens with zero attached hydrogens (tertiary/aromatic N) is 2. The Morgan fingerprint density at radius 1 is 1.32 bits per heavy atom. The van der Waals surface area contributed by atoms with Gasteiger partial charge in [-0.25, -0.2) is 0 Å². The summed E-state index contributed by atoms with van der Waals surface area (Å²) in [6.45, 7) is 10.3. The largest absolute Gasteiger partial charge is 0.385 e. The van der Waals surface area contributed by atoms with Gasteiger partial charge in [0.2, 0.25) is 0 Å². The van der Waals surface area contributed by atoms with E-state index in [-0.39, 0.29) is 0 Å². The molecule has 1 aromatic rings. The molecule has 0 bridgehead atoms. The molecule has 0 aliphatic rings. The molecule has 2 atom stereocenters. The minimum atomic E-state index is 0.323. The molecule has 0 aromatic carbocycles. The van der Waals surface area contributed by atoms with Gasteiger partial charge in [-0.15, -0.1) is 0 Å². The van der Waals surface area contributed by atoms with E-state index in [1.165, 1.54) is 5.56 Å². The second kappa shape index (κ2) is 8.23. The average molecular weight is 265 g/mol. The van der Waals surface area contributed by atoms with Crippen LogP contribution in [-0.2, 0) is 4.74 Å². The van der Waals surface area contributed by atoms with E-state index in [4.69, 9.17) is 4.74 Å². The molecule has 19 heavy (non-hydrogen) atoms. The summed E-state index contributed by atoms with van der Waals surface area (Å²) in [4.78, 5) is 0. The summed E-state index contributed by atoms with van der Waals surface area (Å²) in [5, 5.41) is 12.0. The zero-order chi connectivity index (χ0) is 14.3. The molecule has 0 spiro atoms. The van der Waals surface area contributed by atoms with Gasteiger partial charge in [-0.1, -0.05) is 13.8 Å². The highest BCUT2D eigenvalue weighted by molar-refractivity contribution is 5.24. The van der Waals surface area contributed by atoms with Crippen molar-refractivity contribution in [3.63, 3.8) is 0 Å². The molecule has 0 saturated heterocycles. The Bertz CT molecular complexity index is 382. The third-order valence-corrected chi connectivity index (χ3v) is 3.44. The summed E-state index contributed by atoms with van der Waals surface area (Å²) in [7, 11) is 1.75. The molecule has 1 N–H and O–H groups in total. The minimum Gasteiger partial charge on any atom is -0.385 e. The Morgan fingerprint density at radius 3 is 2.68 bits per heavy atom. The van der Waals surface area contributed by atoms with E-state index < -0.39 is 0 Å². The summed E-state index contributed by atoms with van der Waals surface area (Å²) >= 11 is 0. The monoisotopic (exact) mass is 265 g/mol. The topological polar surface area (TPSA) is 47.0 Å². The average Bonchev–Trinajstić information content (AvgIpc) is 2.40. The third kappa shape index (κ3) is 4.88. The van der Waals surface area contributed by atoms with Crippen molar-refractivity contribution < 1.29 is 4.74 Å². The van der Waals surface area contributed by atoms with Gasteiger partial charge < -0.3 is 10.1 Å². The molecular weight excluding hydrogens is 238 g/mol. The molecule has 0 amide bonds. The van der Waals surface area contributed by atoms with Crippen LogP contribution in [0.5, 0.6) is 0 Å². The van der Waals surface area contributed by atoms with Crippen molar-refractivity contribution >= 4 is 0 Å². The number of aryl methyl sites for hydroxylation is 2. The first-order valence-corrected chi connectivity index (χ1v) is 7.13. The van der Waals surface area contributed by atoms with Crippen LogP contribution in [0.15, 0.2) is 6.07 Å². The Balaban J connectivity index is 2.91. The number of methoxy groups -OCH3 is 1. The molecule has 0 aliphatic carbocycles. The number of aromatic nitrogens is 2. The van der Waals surface area contributed by atoms with Gasteiger partial charge in [0.15, 0.2) is 0 Å². The van der Waals surface area contributed by atoms with Gasteiger partial charge >= 0.3 is 0 Å². The first-order chi connectivity index (χ1) is 9.10. The molecule has 1 rings (SSSR count). The van der Waals surface area contributed by atoms with E-state index in [9.17, 15) is 0 Å². The van der Waals surface area contributed by atoms with Crippen LogP contribution in [0.1, 0.15) is 49.7 Å². The predicted octanol–water partition coefficient (Wildman–Crippen LogP) is 2.81. The van der Waals surface area contributed by atoms with Gasteiger partial charge in [0.25, 0.3) is 0 Å². The van der Waals surface area contributed by atoms with E-state index in [2.05, 4.69) is 35.4 Å². The number of nitrogens with one attached hydrogen (secondary N) is 1. The van der Waals surface area contributed by atoms with Crippen molar-refractivity contribution in [2.75, 3.05) is 20.3 Å². The van der Waals surface area contributed by atoms with Crippen LogP contribution in [0.2, 0.25) is 0 Å². The Morgan fingerprint density at radius 2 is 2.05 bits per heavy atom. The normalized spacial score (nSPS) is 14.4. The molecular formula is C15H27N3O. The van der Waals surface area contributed by atoms with Crippen molar-refractivity contribution in [2.45, 2.75) is 46.6 Å². The summed E-state index contributed by atoms with van der Waals surface area (Å²) < 4.78 is 5.20. The fourth-order valence-electron chi connectivity index (χ4n) is 2.27. The summed E-state index contributed by atoms with van der Waals surface area (Å²) in [5.74, 6) is 0.508. The lowest BCUT2D eigenvalue weighted by Crippen LogP contribution is -2.29. The lowest BCUT2D eigenvalue weighted by molar-refractivity contribution is 0.170.